The second-order valence-electron chi connectivity index (χ2n) is 6.07. The van der Waals surface area contributed by atoms with Gasteiger partial charge in [-0.2, -0.15) is 0 Å². The van der Waals surface area contributed by atoms with E-state index in [-0.39, 0.29) is 11.6 Å². The average Bonchev–Trinajstić information content (AvgIpc) is 2.50. The van der Waals surface area contributed by atoms with Crippen LogP contribution in [-0.4, -0.2) is 27.1 Å². The summed E-state index contributed by atoms with van der Waals surface area (Å²) < 4.78 is 4.67. The summed E-state index contributed by atoms with van der Waals surface area (Å²) in [7, 11) is -0.166. The summed E-state index contributed by atoms with van der Waals surface area (Å²) in [5.41, 5.74) is 1.24. The van der Waals surface area contributed by atoms with E-state index in [1.165, 1.54) is 19.2 Å². The van der Waals surface area contributed by atoms with Crippen molar-refractivity contribution in [2.24, 2.45) is 0 Å². The number of hydrogen-bond donors (Lipinski definition) is 1. The minimum absolute atomic E-state index is 0.172. The van der Waals surface area contributed by atoms with Crippen LogP contribution >= 0.6 is 0 Å². The number of ether oxygens (including phenoxy) is 1. The lowest BCUT2D eigenvalue weighted by atomic mass is 10.1. The fraction of sp³-hybridized carbons (Fsp3) is 0.333. The summed E-state index contributed by atoms with van der Waals surface area (Å²) in [4.78, 5) is 22.8. The highest BCUT2D eigenvalue weighted by Crippen LogP contribution is 2.11. The maximum absolute atomic E-state index is 11.6. The normalized spacial score (nSPS) is 11.7. The number of amides is 1. The van der Waals surface area contributed by atoms with Gasteiger partial charge in [0.1, 0.15) is 5.70 Å². The van der Waals surface area contributed by atoms with Gasteiger partial charge in [-0.15, -0.1) is 6.58 Å². The predicted octanol–water partition coefficient (Wildman–Crippen LogP) is 2.52. The molecule has 0 aliphatic heterocycles. The monoisotopic (exact) mass is 331 g/mol. The van der Waals surface area contributed by atoms with E-state index < -0.39 is 14.0 Å². The first-order chi connectivity index (χ1) is 10.8. The van der Waals surface area contributed by atoms with Crippen molar-refractivity contribution < 1.29 is 14.3 Å². The molecule has 0 aliphatic carbocycles. The molecule has 5 heteroatoms. The lowest BCUT2D eigenvalue weighted by molar-refractivity contribution is -0.137. The number of hydrogen-bond acceptors (Lipinski definition) is 3. The van der Waals surface area contributed by atoms with Crippen molar-refractivity contribution >= 4 is 25.1 Å². The first-order valence-corrected chi connectivity index (χ1v) is 10.8. The van der Waals surface area contributed by atoms with Gasteiger partial charge in [-0.3, -0.25) is 4.79 Å². The van der Waals surface area contributed by atoms with Gasteiger partial charge in [0.05, 0.1) is 15.2 Å². The summed E-state index contributed by atoms with van der Waals surface area (Å²) in [5.74, 6) is -0.842. The average molecular weight is 331 g/mol. The Kier molecular flexibility index (Phi) is 6.97. The standard InChI is InChI=1S/C18H25NO3Si/c1-6-13-23(4,5)16-10-7-15(8-11-16)9-12-17(18(21)22-3)19-14(2)20/h6-8,10-12H,1,9,13H2,2-5H3,(H,19,20)/b17-12-. The molecule has 0 fully saturated rings. The van der Waals surface area contributed by atoms with E-state index >= 15 is 0 Å². The molecular weight excluding hydrogens is 306 g/mol. The van der Waals surface area contributed by atoms with Crippen molar-refractivity contribution in [3.63, 3.8) is 0 Å². The Balaban J connectivity index is 2.88. The third-order valence-electron chi connectivity index (χ3n) is 3.65. The fourth-order valence-corrected chi connectivity index (χ4v) is 4.30. The van der Waals surface area contributed by atoms with Gasteiger partial charge in [-0.1, -0.05) is 48.6 Å². The number of carbonyl (C=O) groups is 2. The van der Waals surface area contributed by atoms with E-state index in [1.807, 2.05) is 6.08 Å². The minimum atomic E-state index is -1.46. The molecule has 0 aromatic heterocycles. The van der Waals surface area contributed by atoms with Crippen molar-refractivity contribution in [2.75, 3.05) is 7.11 Å². The Morgan fingerprint density at radius 2 is 1.87 bits per heavy atom. The smallest absolute Gasteiger partial charge is 0.354 e. The van der Waals surface area contributed by atoms with Crippen LogP contribution < -0.4 is 10.5 Å². The summed E-state index contributed by atoms with van der Waals surface area (Å²) in [6.45, 7) is 9.82. The van der Waals surface area contributed by atoms with Gasteiger partial charge < -0.3 is 10.1 Å². The van der Waals surface area contributed by atoms with Crippen LogP contribution in [0.25, 0.3) is 0 Å². The lowest BCUT2D eigenvalue weighted by Gasteiger charge is -2.21. The summed E-state index contributed by atoms with van der Waals surface area (Å²) in [6.07, 6.45) is 4.21. The molecule has 1 aromatic rings. The summed E-state index contributed by atoms with van der Waals surface area (Å²) in [5, 5.41) is 3.87. The molecule has 1 rings (SSSR count). The van der Waals surface area contributed by atoms with Crippen molar-refractivity contribution in [3.8, 4) is 0 Å². The largest absolute Gasteiger partial charge is 0.464 e. The van der Waals surface area contributed by atoms with Gasteiger partial charge in [-0.25, -0.2) is 4.79 Å². The first-order valence-electron chi connectivity index (χ1n) is 7.56. The molecule has 0 bridgehead atoms. The van der Waals surface area contributed by atoms with Gasteiger partial charge in [0.25, 0.3) is 0 Å². The van der Waals surface area contributed by atoms with Crippen LogP contribution in [0.15, 0.2) is 48.7 Å². The Labute approximate surface area is 139 Å². The zero-order valence-electron chi connectivity index (χ0n) is 14.3. The Morgan fingerprint density at radius 1 is 1.26 bits per heavy atom. The Bertz CT molecular complexity index is 603. The molecule has 0 saturated heterocycles. The van der Waals surface area contributed by atoms with E-state index in [4.69, 9.17) is 0 Å². The van der Waals surface area contributed by atoms with E-state index in [0.29, 0.717) is 6.42 Å². The first kappa shape index (κ1) is 18.9. The molecule has 0 atom stereocenters. The summed E-state index contributed by atoms with van der Waals surface area (Å²) in [6, 6.07) is 9.46. The Hall–Kier alpha value is -2.14. The number of esters is 1. The number of allylic oxidation sites excluding steroid dienone is 2. The van der Waals surface area contributed by atoms with E-state index in [9.17, 15) is 9.59 Å². The molecule has 0 saturated carbocycles. The van der Waals surface area contributed by atoms with Crippen molar-refractivity contribution in [3.05, 3.63) is 54.3 Å². The molecule has 1 N–H and O–H groups in total. The van der Waals surface area contributed by atoms with Crippen LogP contribution in [-0.2, 0) is 20.7 Å². The molecule has 4 nitrogen and oxygen atoms in total. The SMILES string of the molecule is C=CC[Si](C)(C)c1ccc(C/C=C(\NC(C)=O)C(=O)OC)cc1. The molecule has 124 valence electrons. The van der Waals surface area contributed by atoms with Crippen molar-refractivity contribution in [1.29, 1.82) is 0 Å². The van der Waals surface area contributed by atoms with Crippen molar-refractivity contribution in [1.82, 2.24) is 5.32 Å². The van der Waals surface area contributed by atoms with Crippen LogP contribution in [0.4, 0.5) is 0 Å². The van der Waals surface area contributed by atoms with Gasteiger partial charge in [0, 0.05) is 6.92 Å². The highest BCUT2D eigenvalue weighted by molar-refractivity contribution is 6.90. The highest BCUT2D eigenvalue weighted by atomic mass is 28.3. The molecule has 0 spiro atoms. The zero-order chi connectivity index (χ0) is 17.5. The molecule has 0 unspecified atom stereocenters. The third kappa shape index (κ3) is 5.87. The van der Waals surface area contributed by atoms with Crippen molar-refractivity contribution in [2.45, 2.75) is 32.5 Å². The van der Waals surface area contributed by atoms with E-state index in [0.717, 1.165) is 11.6 Å². The second-order valence-corrected chi connectivity index (χ2v) is 10.8. The molecule has 0 radical (unpaired) electrons. The zero-order valence-corrected chi connectivity index (χ0v) is 15.3. The molecular formula is C18H25NO3Si. The van der Waals surface area contributed by atoms with Gasteiger partial charge >= 0.3 is 5.97 Å². The molecule has 23 heavy (non-hydrogen) atoms. The van der Waals surface area contributed by atoms with Gasteiger partial charge in [0.2, 0.25) is 5.91 Å². The van der Waals surface area contributed by atoms with E-state index in [2.05, 4.69) is 54.0 Å². The second kappa shape index (κ2) is 8.48. The molecule has 1 amide bonds. The van der Waals surface area contributed by atoms with Crippen LogP contribution in [0.1, 0.15) is 12.5 Å². The lowest BCUT2D eigenvalue weighted by Crippen LogP contribution is -2.40. The molecule has 0 aliphatic rings. The Morgan fingerprint density at radius 3 is 2.35 bits per heavy atom. The maximum Gasteiger partial charge on any atom is 0.354 e. The van der Waals surface area contributed by atoms with Crippen LogP contribution in [0.3, 0.4) is 0 Å². The van der Waals surface area contributed by atoms with E-state index in [1.54, 1.807) is 6.08 Å². The fourth-order valence-electron chi connectivity index (χ4n) is 2.28. The number of rotatable bonds is 7. The third-order valence-corrected chi connectivity index (χ3v) is 6.85. The number of carbonyl (C=O) groups excluding carboxylic acids is 2. The quantitative estimate of drug-likeness (QED) is 0.361. The molecule has 1 aromatic carbocycles. The predicted molar refractivity (Wildman–Crippen MR) is 96.2 cm³/mol. The number of nitrogens with one attached hydrogen (secondary N) is 1. The van der Waals surface area contributed by atoms with Gasteiger partial charge in [0.15, 0.2) is 0 Å². The highest BCUT2D eigenvalue weighted by Gasteiger charge is 2.21. The van der Waals surface area contributed by atoms with Gasteiger partial charge in [-0.05, 0) is 24.1 Å². The number of methoxy groups -OCH3 is 1. The minimum Gasteiger partial charge on any atom is -0.464 e. The summed E-state index contributed by atoms with van der Waals surface area (Å²) >= 11 is 0. The van der Waals surface area contributed by atoms with Crippen LogP contribution in [0.2, 0.25) is 19.1 Å². The maximum atomic E-state index is 11.6. The van der Waals surface area contributed by atoms with Crippen LogP contribution in [0.5, 0.6) is 0 Å². The topological polar surface area (TPSA) is 55.4 Å². The number of benzene rings is 1. The van der Waals surface area contributed by atoms with Crippen LogP contribution in [0, 0.1) is 0 Å². The molecule has 0 heterocycles.